The predicted molar refractivity (Wildman–Crippen MR) is 98.7 cm³/mol. The van der Waals surface area contributed by atoms with Crippen LogP contribution in [0.5, 0.6) is 11.5 Å². The number of hydrogen-bond acceptors (Lipinski definition) is 5. The van der Waals surface area contributed by atoms with E-state index in [0.29, 0.717) is 10.8 Å². The Morgan fingerprint density at radius 2 is 1.81 bits per heavy atom. The summed E-state index contributed by atoms with van der Waals surface area (Å²) in [6.45, 7) is -0.136. The van der Waals surface area contributed by atoms with Crippen LogP contribution in [-0.2, 0) is 4.79 Å². The van der Waals surface area contributed by atoms with Crippen LogP contribution < -0.4 is 10.1 Å². The molecule has 0 saturated heterocycles. The SMILES string of the molecule is CC(=O)NC(CO)(CO)C(O)c1ccccc1Oc1ccc(Cl)cc1Cl. The van der Waals surface area contributed by atoms with Crippen molar-refractivity contribution in [1.29, 1.82) is 0 Å². The van der Waals surface area contributed by atoms with Crippen LogP contribution in [0.1, 0.15) is 18.6 Å². The first-order chi connectivity index (χ1) is 12.3. The highest BCUT2D eigenvalue weighted by molar-refractivity contribution is 6.35. The molecule has 140 valence electrons. The number of amides is 1. The zero-order valence-corrected chi connectivity index (χ0v) is 15.5. The molecule has 1 unspecified atom stereocenters. The Balaban J connectivity index is 2.42. The number of nitrogens with one attached hydrogen (secondary N) is 1. The number of halogens is 2. The lowest BCUT2D eigenvalue weighted by Crippen LogP contribution is -2.57. The second kappa shape index (κ2) is 8.70. The summed E-state index contributed by atoms with van der Waals surface area (Å²) in [4.78, 5) is 11.5. The van der Waals surface area contributed by atoms with Gasteiger partial charge in [0.2, 0.25) is 5.91 Å². The van der Waals surface area contributed by atoms with Gasteiger partial charge in [0, 0.05) is 17.5 Å². The van der Waals surface area contributed by atoms with Crippen LogP contribution in [0.2, 0.25) is 10.0 Å². The van der Waals surface area contributed by atoms with Crippen LogP contribution in [0.15, 0.2) is 42.5 Å². The van der Waals surface area contributed by atoms with Gasteiger partial charge < -0.3 is 25.4 Å². The van der Waals surface area contributed by atoms with Gasteiger partial charge in [-0.1, -0.05) is 41.4 Å². The third kappa shape index (κ3) is 4.47. The number of para-hydroxylation sites is 1. The zero-order valence-electron chi connectivity index (χ0n) is 13.9. The Hall–Kier alpha value is -1.83. The summed E-state index contributed by atoms with van der Waals surface area (Å²) in [6, 6.07) is 11.2. The fourth-order valence-electron chi connectivity index (χ4n) is 2.49. The van der Waals surface area contributed by atoms with Gasteiger partial charge in [-0.25, -0.2) is 0 Å². The summed E-state index contributed by atoms with van der Waals surface area (Å²) in [5.41, 5.74) is -1.41. The molecule has 0 bridgehead atoms. The molecule has 0 spiro atoms. The largest absolute Gasteiger partial charge is 0.455 e. The molecule has 6 nitrogen and oxygen atoms in total. The molecule has 0 aliphatic heterocycles. The van der Waals surface area contributed by atoms with Crippen molar-refractivity contribution in [1.82, 2.24) is 5.32 Å². The molecular weight excluding hydrogens is 381 g/mol. The van der Waals surface area contributed by atoms with E-state index in [-0.39, 0.29) is 16.3 Å². The first-order valence-electron chi connectivity index (χ1n) is 7.73. The highest BCUT2D eigenvalue weighted by Gasteiger charge is 2.40. The van der Waals surface area contributed by atoms with E-state index in [1.165, 1.54) is 13.0 Å². The fourth-order valence-corrected chi connectivity index (χ4v) is 2.94. The third-order valence-corrected chi connectivity index (χ3v) is 4.37. The van der Waals surface area contributed by atoms with Crippen molar-refractivity contribution in [2.45, 2.75) is 18.6 Å². The lowest BCUT2D eigenvalue weighted by Gasteiger charge is -2.36. The number of hydrogen-bond donors (Lipinski definition) is 4. The Labute approximate surface area is 160 Å². The molecule has 4 N–H and O–H groups in total. The summed E-state index contributed by atoms with van der Waals surface area (Å²) in [7, 11) is 0. The second-order valence-corrected chi connectivity index (χ2v) is 6.61. The van der Waals surface area contributed by atoms with Crippen LogP contribution >= 0.6 is 23.2 Å². The number of rotatable bonds is 7. The van der Waals surface area contributed by atoms with E-state index in [0.717, 1.165) is 0 Å². The minimum Gasteiger partial charge on any atom is -0.455 e. The molecule has 2 rings (SSSR count). The van der Waals surface area contributed by atoms with Gasteiger partial charge in [-0.3, -0.25) is 4.79 Å². The Bertz CT molecular complexity index is 780. The van der Waals surface area contributed by atoms with E-state index in [1.807, 2.05) is 0 Å². The molecule has 1 amide bonds. The quantitative estimate of drug-likeness (QED) is 0.573. The number of ether oxygens (including phenoxy) is 1. The Morgan fingerprint density at radius 3 is 2.38 bits per heavy atom. The first kappa shape index (κ1) is 20.5. The van der Waals surface area contributed by atoms with Gasteiger partial charge in [0.1, 0.15) is 23.1 Å². The average Bonchev–Trinajstić information content (AvgIpc) is 2.62. The Morgan fingerprint density at radius 1 is 1.15 bits per heavy atom. The van der Waals surface area contributed by atoms with E-state index in [1.54, 1.807) is 36.4 Å². The standard InChI is InChI=1S/C18H19Cl2NO5/c1-11(24)21-18(9-22,10-23)17(25)13-4-2-3-5-15(13)26-16-7-6-12(19)8-14(16)20/h2-8,17,22-23,25H,9-10H2,1H3,(H,21,24). The van der Waals surface area contributed by atoms with Gasteiger partial charge in [-0.2, -0.15) is 0 Å². The lowest BCUT2D eigenvalue weighted by atomic mass is 9.88. The highest BCUT2D eigenvalue weighted by atomic mass is 35.5. The van der Waals surface area contributed by atoms with E-state index in [2.05, 4.69) is 5.32 Å². The average molecular weight is 400 g/mol. The van der Waals surface area contributed by atoms with Gasteiger partial charge in [-0.05, 0) is 24.3 Å². The van der Waals surface area contributed by atoms with E-state index in [4.69, 9.17) is 27.9 Å². The van der Waals surface area contributed by atoms with Crippen LogP contribution in [0.25, 0.3) is 0 Å². The molecule has 0 aliphatic carbocycles. The maximum absolute atomic E-state index is 11.5. The molecule has 2 aromatic carbocycles. The topological polar surface area (TPSA) is 99.0 Å². The summed E-state index contributed by atoms with van der Waals surface area (Å²) < 4.78 is 5.78. The normalized spacial score (nSPS) is 12.5. The van der Waals surface area contributed by atoms with Crippen LogP contribution in [0.4, 0.5) is 0 Å². The van der Waals surface area contributed by atoms with Gasteiger partial charge in [0.25, 0.3) is 0 Å². The van der Waals surface area contributed by atoms with Gasteiger partial charge in [-0.15, -0.1) is 0 Å². The monoisotopic (exact) mass is 399 g/mol. The van der Waals surface area contributed by atoms with Crippen molar-refractivity contribution in [3.05, 3.63) is 58.1 Å². The molecule has 2 aromatic rings. The molecule has 26 heavy (non-hydrogen) atoms. The summed E-state index contributed by atoms with van der Waals surface area (Å²) >= 11 is 12.0. The zero-order chi connectivity index (χ0) is 19.3. The minimum atomic E-state index is -1.67. The first-order valence-corrected chi connectivity index (χ1v) is 8.49. The fraction of sp³-hybridized carbons (Fsp3) is 0.278. The maximum atomic E-state index is 11.5. The van der Waals surface area contributed by atoms with Crippen LogP contribution in [0.3, 0.4) is 0 Å². The Kier molecular flexibility index (Phi) is 6.86. The minimum absolute atomic E-state index is 0.251. The molecule has 0 radical (unpaired) electrons. The number of aliphatic hydroxyl groups is 3. The van der Waals surface area contributed by atoms with Crippen molar-refractivity contribution >= 4 is 29.1 Å². The van der Waals surface area contributed by atoms with Gasteiger partial charge >= 0.3 is 0 Å². The lowest BCUT2D eigenvalue weighted by molar-refractivity contribution is -0.125. The maximum Gasteiger partial charge on any atom is 0.217 e. The predicted octanol–water partition coefficient (Wildman–Crippen LogP) is 2.68. The molecule has 0 heterocycles. The second-order valence-electron chi connectivity index (χ2n) is 5.77. The van der Waals surface area contributed by atoms with Crippen LogP contribution in [-0.4, -0.2) is 40.0 Å². The number of benzene rings is 2. The smallest absolute Gasteiger partial charge is 0.217 e. The summed E-state index contributed by atoms with van der Waals surface area (Å²) in [5, 5.41) is 33.3. The van der Waals surface area contributed by atoms with E-state index in [9.17, 15) is 20.1 Å². The molecule has 0 saturated carbocycles. The van der Waals surface area contributed by atoms with Gasteiger partial charge in [0.05, 0.1) is 18.2 Å². The molecular formula is C18H19Cl2NO5. The van der Waals surface area contributed by atoms with E-state index >= 15 is 0 Å². The molecule has 0 fully saturated rings. The van der Waals surface area contributed by atoms with Crippen molar-refractivity contribution in [3.8, 4) is 11.5 Å². The highest BCUT2D eigenvalue weighted by Crippen LogP contribution is 2.37. The number of carbonyl (C=O) groups excluding carboxylic acids is 1. The molecule has 0 aromatic heterocycles. The third-order valence-electron chi connectivity index (χ3n) is 3.84. The van der Waals surface area contributed by atoms with Crippen molar-refractivity contribution < 1.29 is 24.9 Å². The summed E-state index contributed by atoms with van der Waals surface area (Å²) in [6.07, 6.45) is -1.44. The molecule has 8 heteroatoms. The van der Waals surface area contributed by atoms with Crippen LogP contribution in [0, 0.1) is 0 Å². The number of aliphatic hydroxyl groups excluding tert-OH is 3. The number of carbonyl (C=O) groups is 1. The summed E-state index contributed by atoms with van der Waals surface area (Å²) in [5.74, 6) is 0.0565. The van der Waals surface area contributed by atoms with Crippen molar-refractivity contribution in [2.24, 2.45) is 0 Å². The van der Waals surface area contributed by atoms with E-state index < -0.39 is 30.8 Å². The molecule has 0 aliphatic rings. The van der Waals surface area contributed by atoms with Gasteiger partial charge in [0.15, 0.2) is 0 Å². The van der Waals surface area contributed by atoms with Crippen molar-refractivity contribution in [2.75, 3.05) is 13.2 Å². The molecule has 1 atom stereocenters. The van der Waals surface area contributed by atoms with Crippen molar-refractivity contribution in [3.63, 3.8) is 0 Å².